The fourth-order valence-corrected chi connectivity index (χ4v) is 4.29. The second kappa shape index (κ2) is 11.2. The van der Waals surface area contributed by atoms with Crippen molar-refractivity contribution in [1.29, 1.82) is 0 Å². The molecule has 5 atom stereocenters. The summed E-state index contributed by atoms with van der Waals surface area (Å²) in [7, 11) is 0. The molecule has 3 N–H and O–H groups in total. The van der Waals surface area contributed by atoms with Crippen molar-refractivity contribution in [2.45, 2.75) is 64.4 Å². The third-order valence-corrected chi connectivity index (χ3v) is 6.35. The van der Waals surface area contributed by atoms with Gasteiger partial charge in [-0.05, 0) is 24.2 Å². The van der Waals surface area contributed by atoms with Crippen LogP contribution in [0.1, 0.15) is 40.5 Å². The summed E-state index contributed by atoms with van der Waals surface area (Å²) in [5.74, 6) is -7.06. The van der Waals surface area contributed by atoms with Gasteiger partial charge < -0.3 is 15.5 Å². The van der Waals surface area contributed by atoms with Gasteiger partial charge in [0.2, 0.25) is 11.8 Å². The van der Waals surface area contributed by atoms with Gasteiger partial charge in [0.05, 0.1) is 12.5 Å². The minimum atomic E-state index is -5.23. The van der Waals surface area contributed by atoms with E-state index in [0.29, 0.717) is 24.4 Å². The van der Waals surface area contributed by atoms with Gasteiger partial charge in [-0.25, -0.2) is 9.40 Å². The second-order valence-electron chi connectivity index (χ2n) is 10.0. The van der Waals surface area contributed by atoms with E-state index >= 15 is 0 Å². The molecule has 0 spiro atoms. The van der Waals surface area contributed by atoms with Crippen LogP contribution in [0.2, 0.25) is 0 Å². The fourth-order valence-electron chi connectivity index (χ4n) is 4.17. The number of carbonyl (C=O) groups is 5. The highest BCUT2D eigenvalue weighted by molar-refractivity contribution is 6.29. The first-order valence-corrected chi connectivity index (χ1v) is 11.7. The van der Waals surface area contributed by atoms with E-state index in [2.05, 4.69) is 10.7 Å². The Bertz CT molecular complexity index is 895. The summed E-state index contributed by atoms with van der Waals surface area (Å²) in [6.07, 6.45) is -4.60. The number of rotatable bonds is 6. The molecule has 2 fully saturated rings. The molecule has 5 amide bonds. The van der Waals surface area contributed by atoms with Gasteiger partial charge in [-0.15, -0.1) is 0 Å². The van der Waals surface area contributed by atoms with Crippen molar-refractivity contribution in [3.05, 3.63) is 0 Å². The molecular weight excluding hydrogens is 514 g/mol. The minimum Gasteiger partial charge on any atom is -0.356 e. The number of hydrogen-bond acceptors (Lipinski definition) is 5. The van der Waals surface area contributed by atoms with Gasteiger partial charge in [-0.2, -0.15) is 13.2 Å². The number of nitrogens with zero attached hydrogens (tertiary/aromatic N) is 2. The summed E-state index contributed by atoms with van der Waals surface area (Å²) in [6.45, 7) is 5.94. The van der Waals surface area contributed by atoms with E-state index in [1.54, 1.807) is 12.2 Å². The van der Waals surface area contributed by atoms with E-state index in [-0.39, 0.29) is 13.1 Å². The normalized spacial score (nSPS) is 24.1. The zero-order valence-electron chi connectivity index (χ0n) is 20.2. The highest BCUT2D eigenvalue weighted by Gasteiger charge is 2.48. The van der Waals surface area contributed by atoms with Crippen LogP contribution in [0.5, 0.6) is 0 Å². The molecule has 0 aromatic rings. The largest absolute Gasteiger partial charge is 0.471 e. The van der Waals surface area contributed by atoms with Gasteiger partial charge in [-0.3, -0.25) is 29.4 Å². The average molecular weight is 544 g/mol. The first-order chi connectivity index (χ1) is 16.4. The van der Waals surface area contributed by atoms with Crippen molar-refractivity contribution in [2.75, 3.05) is 19.6 Å². The smallest absolute Gasteiger partial charge is 0.356 e. The molecule has 0 radical (unpaired) electrons. The second-order valence-corrected chi connectivity index (χ2v) is 10.4. The number of alkyl halides is 5. The third-order valence-electron chi connectivity index (χ3n) is 6.16. The van der Waals surface area contributed by atoms with Crippen molar-refractivity contribution >= 4 is 41.1 Å². The van der Waals surface area contributed by atoms with Crippen LogP contribution in [0, 0.1) is 17.3 Å². The lowest BCUT2D eigenvalue weighted by Gasteiger charge is -2.36. The third kappa shape index (κ3) is 6.98. The Morgan fingerprint density at radius 3 is 2.28 bits per heavy atom. The Labute approximate surface area is 210 Å². The number of nitrogens with one attached hydrogen (secondary N) is 3. The average Bonchev–Trinajstić information content (AvgIpc) is 3.33. The van der Waals surface area contributed by atoms with Crippen LogP contribution in [0.4, 0.5) is 17.6 Å². The van der Waals surface area contributed by atoms with Crippen molar-refractivity contribution < 1.29 is 41.5 Å². The van der Waals surface area contributed by atoms with E-state index in [1.165, 1.54) is 20.8 Å². The maximum atomic E-state index is 13.6. The molecule has 2 rings (SSSR count). The molecule has 0 aromatic heterocycles. The molecule has 204 valence electrons. The van der Waals surface area contributed by atoms with Gasteiger partial charge in [0, 0.05) is 13.1 Å². The summed E-state index contributed by atoms with van der Waals surface area (Å²) < 4.78 is 52.2. The highest BCUT2D eigenvalue weighted by Crippen LogP contribution is 2.30. The Balaban J connectivity index is 2.27. The van der Waals surface area contributed by atoms with Gasteiger partial charge >= 0.3 is 12.1 Å². The molecule has 15 heteroatoms. The van der Waals surface area contributed by atoms with Crippen LogP contribution in [0.3, 0.4) is 0 Å². The molecule has 0 saturated carbocycles. The molecule has 0 unspecified atom stereocenters. The molecule has 36 heavy (non-hydrogen) atoms. The van der Waals surface area contributed by atoms with E-state index in [4.69, 9.17) is 11.6 Å². The van der Waals surface area contributed by atoms with E-state index in [9.17, 15) is 41.5 Å². The van der Waals surface area contributed by atoms with Crippen LogP contribution < -0.4 is 16.1 Å². The van der Waals surface area contributed by atoms with Gasteiger partial charge in [0.1, 0.15) is 12.1 Å². The van der Waals surface area contributed by atoms with Crippen LogP contribution in [-0.2, 0) is 24.0 Å². The minimum absolute atomic E-state index is 0.00717. The number of hydrogen-bond donors (Lipinski definition) is 3. The number of hydrazine groups is 1. The predicted molar refractivity (Wildman–Crippen MR) is 118 cm³/mol. The molecule has 2 aliphatic rings. The van der Waals surface area contributed by atoms with Gasteiger partial charge in [-0.1, -0.05) is 39.3 Å². The molecule has 2 aliphatic heterocycles. The Morgan fingerprint density at radius 2 is 1.81 bits per heavy atom. The lowest BCUT2D eigenvalue weighted by atomic mass is 9.85. The zero-order chi connectivity index (χ0) is 27.6. The molecular formula is C21H30ClF4N5O5. The molecule has 0 aliphatic carbocycles. The first kappa shape index (κ1) is 29.6. The van der Waals surface area contributed by atoms with Gasteiger partial charge in [0.15, 0.2) is 0 Å². The van der Waals surface area contributed by atoms with Gasteiger partial charge in [0.25, 0.3) is 17.4 Å². The zero-order valence-corrected chi connectivity index (χ0v) is 21.0. The lowest BCUT2D eigenvalue weighted by molar-refractivity contribution is -0.176. The predicted octanol–water partition coefficient (Wildman–Crippen LogP) is 0.847. The Kier molecular flexibility index (Phi) is 9.19. The van der Waals surface area contributed by atoms with Crippen molar-refractivity contribution in [2.24, 2.45) is 17.3 Å². The monoisotopic (exact) mass is 543 g/mol. The maximum Gasteiger partial charge on any atom is 0.471 e. The molecule has 0 aromatic carbocycles. The Morgan fingerprint density at radius 1 is 1.19 bits per heavy atom. The summed E-state index contributed by atoms with van der Waals surface area (Å²) in [5, 5.41) is 4.84. The molecule has 2 saturated heterocycles. The summed E-state index contributed by atoms with van der Waals surface area (Å²) in [5.41, 5.74) is -1.44. The number of amides is 5. The van der Waals surface area contributed by atoms with Crippen LogP contribution in [0.25, 0.3) is 0 Å². The van der Waals surface area contributed by atoms with E-state index < -0.39 is 70.7 Å². The summed E-state index contributed by atoms with van der Waals surface area (Å²) >= 11 is 5.27. The lowest BCUT2D eigenvalue weighted by Crippen LogP contribution is -2.61. The quantitative estimate of drug-likeness (QED) is 0.260. The van der Waals surface area contributed by atoms with Crippen LogP contribution in [-0.4, -0.2) is 83.0 Å². The highest BCUT2D eigenvalue weighted by atomic mass is 35.5. The SMILES string of the molecule is C[C@H]1CCN(C(=O)[C@@H](NC(=O)C(F)(F)F)C(C)(C)C)[C@@H]1C(=O)NN(C[C@@H]1CCNC1=O)C(=O)[C@H](F)Cl. The van der Waals surface area contributed by atoms with Crippen molar-refractivity contribution in [1.82, 2.24) is 26.0 Å². The van der Waals surface area contributed by atoms with E-state index in [1.807, 2.05) is 0 Å². The summed E-state index contributed by atoms with van der Waals surface area (Å²) in [6, 6.07) is -2.86. The van der Waals surface area contributed by atoms with Crippen molar-refractivity contribution in [3.63, 3.8) is 0 Å². The Hall–Kier alpha value is -2.64. The fraction of sp³-hybridized carbons (Fsp3) is 0.762. The van der Waals surface area contributed by atoms with E-state index in [0.717, 1.165) is 4.90 Å². The molecule has 10 nitrogen and oxygen atoms in total. The molecule has 0 bridgehead atoms. The topological polar surface area (TPSA) is 128 Å². The van der Waals surface area contributed by atoms with Crippen LogP contribution in [0.15, 0.2) is 0 Å². The number of likely N-dealkylation sites (tertiary alicyclic amines) is 1. The molecule has 2 heterocycles. The maximum absolute atomic E-state index is 13.6. The van der Waals surface area contributed by atoms with Crippen LogP contribution >= 0.6 is 11.6 Å². The standard InChI is InChI=1S/C21H30ClF4N5O5/c1-10-6-8-30(17(34)13(20(2,3)4)28-19(36)21(24,25)26)12(10)16(33)29-31(18(35)14(22)23)9-11-5-7-27-15(11)32/h10-14H,5-9H2,1-4H3,(H,27,32)(H,28,36)(H,29,33)/t10-,11-,12-,13+,14-/m0/s1. The number of halogens is 5. The summed E-state index contributed by atoms with van der Waals surface area (Å²) in [4.78, 5) is 63.3. The first-order valence-electron chi connectivity index (χ1n) is 11.3. The number of carbonyl (C=O) groups excluding carboxylic acids is 5. The van der Waals surface area contributed by atoms with Crippen molar-refractivity contribution in [3.8, 4) is 0 Å².